The number of carbonyl (C=O) groups excluding carboxylic acids is 2. The maximum atomic E-state index is 12.5. The third-order valence-corrected chi connectivity index (χ3v) is 5.51. The topological polar surface area (TPSA) is 67.9 Å². The third-order valence-electron chi connectivity index (χ3n) is 5.51. The number of rotatable bonds is 3. The van der Waals surface area contributed by atoms with Crippen LogP contribution in [-0.2, 0) is 19.7 Å². The van der Waals surface area contributed by atoms with E-state index in [4.69, 9.17) is 9.47 Å². The molecule has 2 atom stereocenters. The number of nitrogens with one attached hydrogen (secondary N) is 1. The van der Waals surface area contributed by atoms with Gasteiger partial charge in [-0.15, -0.1) is 0 Å². The van der Waals surface area contributed by atoms with E-state index in [1.165, 1.54) is 0 Å². The van der Waals surface area contributed by atoms with E-state index in [-0.39, 0.29) is 30.8 Å². The molecule has 0 aromatic heterocycles. The molecule has 1 fully saturated rings. The lowest BCUT2D eigenvalue weighted by Crippen LogP contribution is -2.46. The number of nitrogens with zero attached hydrogens (tertiary/aromatic N) is 1. The fraction of sp³-hybridized carbons (Fsp3) is 0.500. The lowest BCUT2D eigenvalue weighted by molar-refractivity contribution is -0.125. The summed E-state index contributed by atoms with van der Waals surface area (Å²) in [6, 6.07) is 6.08. The Morgan fingerprint density at radius 1 is 1.35 bits per heavy atom. The summed E-state index contributed by atoms with van der Waals surface area (Å²) in [5, 5.41) is 2.83. The Labute approximate surface area is 153 Å². The fourth-order valence-corrected chi connectivity index (χ4v) is 3.96. The minimum atomic E-state index is -0.406. The Hall–Kier alpha value is -2.18. The van der Waals surface area contributed by atoms with E-state index in [1.807, 2.05) is 30.0 Å². The summed E-state index contributed by atoms with van der Waals surface area (Å²) in [6.07, 6.45) is 1.94. The number of aryl methyl sites for hydroxylation is 1. The van der Waals surface area contributed by atoms with Gasteiger partial charge in [-0.25, -0.2) is 0 Å². The summed E-state index contributed by atoms with van der Waals surface area (Å²) in [6.45, 7) is 7.15. The minimum Gasteiger partial charge on any atom is -0.488 e. The second kappa shape index (κ2) is 6.52. The average molecular weight is 356 g/mol. The molecule has 6 heteroatoms. The van der Waals surface area contributed by atoms with Crippen molar-refractivity contribution in [3.63, 3.8) is 0 Å². The van der Waals surface area contributed by atoms with E-state index < -0.39 is 5.41 Å². The van der Waals surface area contributed by atoms with Gasteiger partial charge in [-0.05, 0) is 26.0 Å². The smallest absolute Gasteiger partial charge is 0.238 e. The van der Waals surface area contributed by atoms with E-state index >= 15 is 0 Å². The zero-order valence-corrected chi connectivity index (χ0v) is 15.2. The Kier molecular flexibility index (Phi) is 4.32. The molecule has 1 N–H and O–H groups in total. The monoisotopic (exact) mass is 356 g/mol. The van der Waals surface area contributed by atoms with Gasteiger partial charge in [-0.1, -0.05) is 17.7 Å². The molecule has 0 bridgehead atoms. The van der Waals surface area contributed by atoms with Gasteiger partial charge in [0.1, 0.15) is 11.9 Å². The number of hydrogen-bond acceptors (Lipinski definition) is 5. The van der Waals surface area contributed by atoms with Crippen molar-refractivity contribution in [3.8, 4) is 5.75 Å². The predicted octanol–water partition coefficient (Wildman–Crippen LogP) is 1.32. The van der Waals surface area contributed by atoms with E-state index in [0.717, 1.165) is 30.0 Å². The van der Waals surface area contributed by atoms with Gasteiger partial charge in [0.25, 0.3) is 0 Å². The van der Waals surface area contributed by atoms with Crippen LogP contribution in [0.1, 0.15) is 24.5 Å². The van der Waals surface area contributed by atoms with Gasteiger partial charge in [0.15, 0.2) is 5.78 Å². The second-order valence-electron chi connectivity index (χ2n) is 7.51. The first-order valence-corrected chi connectivity index (χ1v) is 9.09. The number of ketones is 1. The summed E-state index contributed by atoms with van der Waals surface area (Å²) in [5.74, 6) is 0.595. The summed E-state index contributed by atoms with van der Waals surface area (Å²) < 4.78 is 11.3. The van der Waals surface area contributed by atoms with Gasteiger partial charge < -0.3 is 14.8 Å². The Morgan fingerprint density at radius 2 is 2.12 bits per heavy atom. The molecule has 0 radical (unpaired) electrons. The van der Waals surface area contributed by atoms with Crippen LogP contribution < -0.4 is 10.1 Å². The highest BCUT2D eigenvalue weighted by molar-refractivity contribution is 6.01. The zero-order chi connectivity index (χ0) is 18.3. The highest BCUT2D eigenvalue weighted by Crippen LogP contribution is 2.48. The zero-order valence-electron chi connectivity index (χ0n) is 15.2. The Morgan fingerprint density at radius 3 is 2.88 bits per heavy atom. The summed E-state index contributed by atoms with van der Waals surface area (Å²) >= 11 is 0. The third kappa shape index (κ3) is 3.04. The average Bonchev–Trinajstić information content (AvgIpc) is 2.88. The minimum absolute atomic E-state index is 0.0765. The molecule has 1 saturated heterocycles. The number of carbonyl (C=O) groups is 2. The molecule has 0 spiro atoms. The van der Waals surface area contributed by atoms with E-state index in [2.05, 4.69) is 18.3 Å². The normalized spacial score (nSPS) is 28.0. The van der Waals surface area contributed by atoms with Gasteiger partial charge in [-0.3, -0.25) is 14.5 Å². The van der Waals surface area contributed by atoms with E-state index in [1.54, 1.807) is 0 Å². The van der Waals surface area contributed by atoms with Crippen molar-refractivity contribution < 1.29 is 19.1 Å². The van der Waals surface area contributed by atoms with Crippen LogP contribution in [0.15, 0.2) is 30.0 Å². The number of allylic oxidation sites excluding steroid dienone is 1. The highest BCUT2D eigenvalue weighted by atomic mass is 16.5. The van der Waals surface area contributed by atoms with Gasteiger partial charge in [-0.2, -0.15) is 0 Å². The molecule has 0 unspecified atom stereocenters. The second-order valence-corrected chi connectivity index (χ2v) is 7.51. The van der Waals surface area contributed by atoms with Crippen molar-refractivity contribution in [2.75, 3.05) is 32.8 Å². The van der Waals surface area contributed by atoms with Gasteiger partial charge in [0, 0.05) is 18.7 Å². The largest absolute Gasteiger partial charge is 0.488 e. The molecule has 3 aliphatic rings. The maximum absolute atomic E-state index is 12.5. The Balaban J connectivity index is 1.54. The number of ether oxygens (including phenoxy) is 2. The fourth-order valence-electron chi connectivity index (χ4n) is 3.96. The number of fused-ring (bicyclic) bond motifs is 3. The van der Waals surface area contributed by atoms with Crippen LogP contribution in [0.3, 0.4) is 0 Å². The van der Waals surface area contributed by atoms with Crippen LogP contribution >= 0.6 is 0 Å². The summed E-state index contributed by atoms with van der Waals surface area (Å²) in [4.78, 5) is 27.0. The molecule has 138 valence electrons. The van der Waals surface area contributed by atoms with Crippen LogP contribution in [-0.4, -0.2) is 55.5 Å². The Bertz CT molecular complexity index is 782. The molecular formula is C20H24N2O4. The van der Waals surface area contributed by atoms with E-state index in [0.29, 0.717) is 18.9 Å². The number of Topliss-reactive ketones (excluding diaryl/α,β-unsaturated/α-hetero) is 1. The SMILES string of the molecule is Cc1ccc2c(c1)[C@]1(C)C=C(NC(=O)CN3CCOCC3)C(=O)C[C@@H]1O2. The maximum Gasteiger partial charge on any atom is 0.238 e. The van der Waals surface area contributed by atoms with Crippen molar-refractivity contribution in [1.82, 2.24) is 10.2 Å². The summed E-state index contributed by atoms with van der Waals surface area (Å²) in [7, 11) is 0. The van der Waals surface area contributed by atoms with Crippen LogP contribution in [0.5, 0.6) is 5.75 Å². The number of morpholine rings is 1. The molecule has 2 aliphatic heterocycles. The van der Waals surface area contributed by atoms with Crippen molar-refractivity contribution in [1.29, 1.82) is 0 Å². The predicted molar refractivity (Wildman–Crippen MR) is 96.1 cm³/mol. The molecule has 4 rings (SSSR count). The first kappa shape index (κ1) is 17.2. The van der Waals surface area contributed by atoms with Crippen LogP contribution in [0.25, 0.3) is 0 Å². The number of hydrogen-bond donors (Lipinski definition) is 1. The van der Waals surface area contributed by atoms with Crippen molar-refractivity contribution >= 4 is 11.7 Å². The summed E-state index contributed by atoms with van der Waals surface area (Å²) in [5.41, 5.74) is 2.21. The van der Waals surface area contributed by atoms with Crippen molar-refractivity contribution in [2.24, 2.45) is 0 Å². The van der Waals surface area contributed by atoms with Crippen molar-refractivity contribution in [2.45, 2.75) is 31.8 Å². The van der Waals surface area contributed by atoms with Gasteiger partial charge >= 0.3 is 0 Å². The van der Waals surface area contributed by atoms with Crippen LogP contribution in [0.4, 0.5) is 0 Å². The van der Waals surface area contributed by atoms with Crippen LogP contribution in [0.2, 0.25) is 0 Å². The highest BCUT2D eigenvalue weighted by Gasteiger charge is 2.48. The first-order chi connectivity index (χ1) is 12.5. The van der Waals surface area contributed by atoms with Crippen LogP contribution in [0, 0.1) is 6.92 Å². The molecule has 26 heavy (non-hydrogen) atoms. The molecule has 1 aromatic rings. The standard InChI is InChI=1S/C20H24N2O4/c1-13-3-4-17-14(9-13)20(2)11-15(16(23)10-18(20)26-17)21-19(24)12-22-5-7-25-8-6-22/h3-4,9,11,18H,5-8,10,12H2,1-2H3,(H,21,24)/t18-,20-/m0/s1. The molecular weight excluding hydrogens is 332 g/mol. The van der Waals surface area contributed by atoms with Crippen molar-refractivity contribution in [3.05, 3.63) is 41.1 Å². The molecule has 2 heterocycles. The molecule has 1 aromatic carbocycles. The number of amides is 1. The first-order valence-electron chi connectivity index (χ1n) is 9.09. The molecule has 1 amide bonds. The molecule has 0 saturated carbocycles. The lowest BCUT2D eigenvalue weighted by Gasteiger charge is -2.32. The number of benzene rings is 1. The van der Waals surface area contributed by atoms with Gasteiger partial charge in [0.05, 0.1) is 37.3 Å². The lowest BCUT2D eigenvalue weighted by atomic mass is 9.73. The quantitative estimate of drug-likeness (QED) is 0.885. The van der Waals surface area contributed by atoms with Gasteiger partial charge in [0.2, 0.25) is 5.91 Å². The molecule has 1 aliphatic carbocycles. The van der Waals surface area contributed by atoms with E-state index in [9.17, 15) is 9.59 Å². The molecule has 6 nitrogen and oxygen atoms in total.